The van der Waals surface area contributed by atoms with Gasteiger partial charge in [-0.15, -0.1) is 0 Å². The maximum absolute atomic E-state index is 11.9. The number of aryl methyl sites for hydroxylation is 1. The van der Waals surface area contributed by atoms with Gasteiger partial charge in [0.15, 0.2) is 0 Å². The van der Waals surface area contributed by atoms with Crippen LogP contribution in [0.15, 0.2) is 6.20 Å². The molecule has 0 radical (unpaired) electrons. The zero-order valence-electron chi connectivity index (χ0n) is 11.8. The second kappa shape index (κ2) is 6.89. The second-order valence-electron chi connectivity index (χ2n) is 4.87. The third kappa shape index (κ3) is 4.70. The van der Waals surface area contributed by atoms with Crippen molar-refractivity contribution in [1.29, 1.82) is 0 Å². The fourth-order valence-electron chi connectivity index (χ4n) is 1.39. The average molecular weight is 266 g/mol. The average Bonchev–Trinajstić information content (AvgIpc) is 2.38. The number of hydrogen-bond donors (Lipinski definition) is 4. The van der Waals surface area contributed by atoms with Gasteiger partial charge in [-0.2, -0.15) is 4.98 Å². The molecular formula is C12H22N6O. The summed E-state index contributed by atoms with van der Waals surface area (Å²) < 4.78 is 0. The van der Waals surface area contributed by atoms with Gasteiger partial charge < -0.3 is 10.6 Å². The number of anilines is 2. The van der Waals surface area contributed by atoms with E-state index < -0.39 is 0 Å². The minimum absolute atomic E-state index is 0.0611. The lowest BCUT2D eigenvalue weighted by molar-refractivity contribution is -0.121. The highest BCUT2D eigenvalue weighted by Crippen LogP contribution is 2.13. The highest BCUT2D eigenvalue weighted by molar-refractivity contribution is 5.84. The van der Waals surface area contributed by atoms with Gasteiger partial charge in [0.2, 0.25) is 11.9 Å². The molecule has 0 aromatic carbocycles. The molecule has 7 nitrogen and oxygen atoms in total. The van der Waals surface area contributed by atoms with Crippen LogP contribution in [0, 0.1) is 12.8 Å². The van der Waals surface area contributed by atoms with Gasteiger partial charge in [-0.25, -0.2) is 10.8 Å². The van der Waals surface area contributed by atoms with Crippen molar-refractivity contribution in [3.05, 3.63) is 11.8 Å². The highest BCUT2D eigenvalue weighted by atomic mass is 16.2. The van der Waals surface area contributed by atoms with E-state index in [1.807, 2.05) is 20.8 Å². The van der Waals surface area contributed by atoms with Gasteiger partial charge >= 0.3 is 0 Å². The summed E-state index contributed by atoms with van der Waals surface area (Å²) in [5.74, 6) is 6.52. The summed E-state index contributed by atoms with van der Waals surface area (Å²) in [5, 5.41) is 5.91. The summed E-state index contributed by atoms with van der Waals surface area (Å²) in [7, 11) is 0. The number of rotatable bonds is 6. The summed E-state index contributed by atoms with van der Waals surface area (Å²) in [6.07, 6.45) is 1.64. The van der Waals surface area contributed by atoms with Crippen LogP contribution in [0.2, 0.25) is 0 Å². The van der Waals surface area contributed by atoms with Crippen molar-refractivity contribution in [3.8, 4) is 0 Å². The molecule has 1 rings (SSSR count). The lowest BCUT2D eigenvalue weighted by Gasteiger charge is -2.17. The zero-order valence-corrected chi connectivity index (χ0v) is 11.8. The Hall–Kier alpha value is -1.89. The molecule has 1 aromatic heterocycles. The Morgan fingerprint density at radius 2 is 2.11 bits per heavy atom. The van der Waals surface area contributed by atoms with Crippen LogP contribution in [0.1, 0.15) is 26.3 Å². The lowest BCUT2D eigenvalue weighted by atomic mass is 10.2. The van der Waals surface area contributed by atoms with E-state index in [9.17, 15) is 4.79 Å². The van der Waals surface area contributed by atoms with Crippen molar-refractivity contribution in [1.82, 2.24) is 15.3 Å². The van der Waals surface area contributed by atoms with Crippen LogP contribution in [0.25, 0.3) is 0 Å². The molecule has 0 fully saturated rings. The SMILES string of the molecule is Cc1cnc(NN)nc1NC(C)C(=O)NCC(C)C. The van der Waals surface area contributed by atoms with Gasteiger partial charge in [0.1, 0.15) is 11.9 Å². The Morgan fingerprint density at radius 3 is 2.68 bits per heavy atom. The molecule has 5 N–H and O–H groups in total. The standard InChI is InChI=1S/C12H22N6O/c1-7(2)5-14-11(19)9(4)16-10-8(3)6-15-12(17-10)18-13/h6-7,9H,5,13H2,1-4H3,(H,14,19)(H2,15,16,17,18). The van der Waals surface area contributed by atoms with Gasteiger partial charge in [0.05, 0.1) is 0 Å². The fourth-order valence-corrected chi connectivity index (χ4v) is 1.39. The smallest absolute Gasteiger partial charge is 0.242 e. The molecule has 1 heterocycles. The number of nitrogen functional groups attached to an aromatic ring is 1. The van der Waals surface area contributed by atoms with Crippen LogP contribution in [0.3, 0.4) is 0 Å². The van der Waals surface area contributed by atoms with Crippen molar-refractivity contribution in [2.75, 3.05) is 17.3 Å². The Balaban J connectivity index is 2.65. The van der Waals surface area contributed by atoms with Crippen molar-refractivity contribution >= 4 is 17.7 Å². The number of amides is 1. The summed E-state index contributed by atoms with van der Waals surface area (Å²) >= 11 is 0. The summed E-state index contributed by atoms with van der Waals surface area (Å²) in [6, 6.07) is -0.377. The molecule has 0 aliphatic rings. The van der Waals surface area contributed by atoms with Gasteiger partial charge in [-0.3, -0.25) is 10.2 Å². The number of carbonyl (C=O) groups excluding carboxylic acids is 1. The van der Waals surface area contributed by atoms with E-state index in [-0.39, 0.29) is 11.9 Å². The van der Waals surface area contributed by atoms with E-state index in [0.29, 0.717) is 24.2 Å². The number of nitrogens with zero attached hydrogens (tertiary/aromatic N) is 2. The van der Waals surface area contributed by atoms with Crippen LogP contribution >= 0.6 is 0 Å². The van der Waals surface area contributed by atoms with E-state index >= 15 is 0 Å². The number of aromatic nitrogens is 2. The first kappa shape index (κ1) is 15.2. The van der Waals surface area contributed by atoms with Gasteiger partial charge in [0, 0.05) is 18.3 Å². The third-order valence-corrected chi connectivity index (χ3v) is 2.53. The second-order valence-corrected chi connectivity index (χ2v) is 4.87. The van der Waals surface area contributed by atoms with Gasteiger partial charge in [0.25, 0.3) is 0 Å². The molecule has 7 heteroatoms. The number of hydrazine groups is 1. The molecule has 0 saturated carbocycles. The largest absolute Gasteiger partial charge is 0.358 e. The Bertz CT molecular complexity index is 434. The van der Waals surface area contributed by atoms with Crippen LogP contribution in [-0.2, 0) is 4.79 Å². The molecule has 1 atom stereocenters. The van der Waals surface area contributed by atoms with Gasteiger partial charge in [-0.1, -0.05) is 13.8 Å². The Labute approximate surface area is 113 Å². The summed E-state index contributed by atoms with van der Waals surface area (Å²) in [5.41, 5.74) is 3.22. The van der Waals surface area contributed by atoms with Crippen molar-refractivity contribution in [2.24, 2.45) is 11.8 Å². The summed E-state index contributed by atoms with van der Waals surface area (Å²) in [6.45, 7) is 8.40. The molecule has 0 spiro atoms. The molecule has 1 unspecified atom stereocenters. The lowest BCUT2D eigenvalue weighted by Crippen LogP contribution is -2.39. The van der Waals surface area contributed by atoms with E-state index in [2.05, 4.69) is 26.0 Å². The zero-order chi connectivity index (χ0) is 14.4. The molecular weight excluding hydrogens is 244 g/mol. The first-order valence-electron chi connectivity index (χ1n) is 6.28. The predicted molar refractivity (Wildman–Crippen MR) is 75.5 cm³/mol. The predicted octanol–water partition coefficient (Wildman–Crippen LogP) is 0.643. The fraction of sp³-hybridized carbons (Fsp3) is 0.583. The minimum atomic E-state index is -0.377. The molecule has 106 valence electrons. The molecule has 0 aliphatic heterocycles. The minimum Gasteiger partial charge on any atom is -0.358 e. The highest BCUT2D eigenvalue weighted by Gasteiger charge is 2.14. The number of carbonyl (C=O) groups is 1. The van der Waals surface area contributed by atoms with E-state index in [1.54, 1.807) is 13.1 Å². The van der Waals surface area contributed by atoms with Crippen LogP contribution < -0.4 is 21.9 Å². The first-order chi connectivity index (χ1) is 8.93. The third-order valence-electron chi connectivity index (χ3n) is 2.53. The first-order valence-corrected chi connectivity index (χ1v) is 6.28. The maximum Gasteiger partial charge on any atom is 0.242 e. The van der Waals surface area contributed by atoms with Crippen LogP contribution in [-0.4, -0.2) is 28.5 Å². The molecule has 1 aromatic rings. The van der Waals surface area contributed by atoms with Gasteiger partial charge in [-0.05, 0) is 19.8 Å². The van der Waals surface area contributed by atoms with Crippen LogP contribution in [0.5, 0.6) is 0 Å². The number of nitrogens with one attached hydrogen (secondary N) is 3. The molecule has 0 saturated heterocycles. The molecule has 19 heavy (non-hydrogen) atoms. The normalized spacial score (nSPS) is 12.1. The van der Waals surface area contributed by atoms with Crippen molar-refractivity contribution in [2.45, 2.75) is 33.7 Å². The maximum atomic E-state index is 11.9. The Morgan fingerprint density at radius 1 is 1.42 bits per heavy atom. The van der Waals surface area contributed by atoms with Crippen LogP contribution in [0.4, 0.5) is 11.8 Å². The monoisotopic (exact) mass is 266 g/mol. The van der Waals surface area contributed by atoms with E-state index in [1.165, 1.54) is 0 Å². The van der Waals surface area contributed by atoms with Crippen molar-refractivity contribution in [3.63, 3.8) is 0 Å². The van der Waals surface area contributed by atoms with E-state index in [4.69, 9.17) is 5.84 Å². The Kier molecular flexibility index (Phi) is 5.50. The molecule has 0 aliphatic carbocycles. The summed E-state index contributed by atoms with van der Waals surface area (Å²) in [4.78, 5) is 20.0. The van der Waals surface area contributed by atoms with E-state index in [0.717, 1.165) is 5.56 Å². The topological polar surface area (TPSA) is 105 Å². The quantitative estimate of drug-likeness (QED) is 0.445. The molecule has 1 amide bonds. The number of hydrogen-bond acceptors (Lipinski definition) is 6. The number of nitrogens with two attached hydrogens (primary N) is 1. The molecule has 0 bridgehead atoms. The van der Waals surface area contributed by atoms with Crippen molar-refractivity contribution < 1.29 is 4.79 Å².